The van der Waals surface area contributed by atoms with E-state index in [1.165, 1.54) is 31.5 Å². The van der Waals surface area contributed by atoms with Crippen molar-refractivity contribution in [2.24, 2.45) is 0 Å². The highest BCUT2D eigenvalue weighted by molar-refractivity contribution is 5.62. The molecule has 0 saturated carbocycles. The van der Waals surface area contributed by atoms with Gasteiger partial charge in [0, 0.05) is 12.1 Å². The Labute approximate surface area is 143 Å². The molecule has 128 valence electrons. The highest BCUT2D eigenvalue weighted by Gasteiger charge is 2.33. The predicted octanol–water partition coefficient (Wildman–Crippen LogP) is 2.05. The van der Waals surface area contributed by atoms with Crippen LogP contribution in [0.15, 0.2) is 6.07 Å². The summed E-state index contributed by atoms with van der Waals surface area (Å²) in [4.78, 5) is 4.72. The van der Waals surface area contributed by atoms with Gasteiger partial charge in [-0.25, -0.2) is 0 Å². The van der Waals surface area contributed by atoms with E-state index in [9.17, 15) is 0 Å². The number of rotatable bonds is 2. The van der Waals surface area contributed by atoms with E-state index in [-0.39, 0.29) is 12.8 Å². The smallest absolute Gasteiger partial charge is 0.231 e. The minimum atomic E-state index is 0.0424. The Morgan fingerprint density at radius 1 is 1.25 bits per heavy atom. The van der Waals surface area contributed by atoms with Crippen molar-refractivity contribution < 1.29 is 14.2 Å². The van der Waals surface area contributed by atoms with Crippen LogP contribution in [0.4, 0.5) is 0 Å². The van der Waals surface area contributed by atoms with E-state index in [0.29, 0.717) is 0 Å². The van der Waals surface area contributed by atoms with Crippen molar-refractivity contribution in [3.63, 3.8) is 0 Å². The van der Waals surface area contributed by atoms with Crippen LogP contribution in [0.1, 0.15) is 30.0 Å². The van der Waals surface area contributed by atoms with Crippen molar-refractivity contribution in [1.29, 1.82) is 0 Å². The Morgan fingerprint density at radius 3 is 2.88 bits per heavy atom. The first kappa shape index (κ1) is 15.6. The third-order valence-electron chi connectivity index (χ3n) is 5.14. The molecule has 5 heteroatoms. The summed E-state index contributed by atoms with van der Waals surface area (Å²) in [6, 6.07) is 2.14. The van der Waals surface area contributed by atoms with Crippen molar-refractivity contribution in [3.05, 3.63) is 17.2 Å². The van der Waals surface area contributed by atoms with Crippen LogP contribution in [-0.4, -0.2) is 56.9 Å². The summed E-state index contributed by atoms with van der Waals surface area (Å²) < 4.78 is 16.9. The van der Waals surface area contributed by atoms with Crippen molar-refractivity contribution in [2.75, 3.05) is 47.1 Å². The molecule has 5 nitrogen and oxygen atoms in total. The Balaban J connectivity index is 1.67. The molecule has 0 radical (unpaired) electrons. The van der Waals surface area contributed by atoms with Crippen LogP contribution in [0.25, 0.3) is 0 Å². The summed E-state index contributed by atoms with van der Waals surface area (Å²) in [5.41, 5.74) is 2.40. The molecule has 1 aromatic rings. The molecule has 3 heterocycles. The van der Waals surface area contributed by atoms with Gasteiger partial charge < -0.3 is 14.2 Å². The quantitative estimate of drug-likeness (QED) is 0.776. The minimum absolute atomic E-state index is 0.0424. The summed E-state index contributed by atoms with van der Waals surface area (Å²) in [6.45, 7) is 4.45. The lowest BCUT2D eigenvalue weighted by molar-refractivity contribution is 0.171. The summed E-state index contributed by atoms with van der Waals surface area (Å²) in [6.07, 6.45) is 3.57. The molecule has 3 aliphatic heterocycles. The van der Waals surface area contributed by atoms with Crippen LogP contribution in [-0.2, 0) is 6.42 Å². The van der Waals surface area contributed by atoms with E-state index in [2.05, 4.69) is 34.8 Å². The predicted molar refractivity (Wildman–Crippen MR) is 91.6 cm³/mol. The number of methoxy groups -OCH3 is 1. The molecule has 0 bridgehead atoms. The van der Waals surface area contributed by atoms with Gasteiger partial charge in [-0.3, -0.25) is 9.80 Å². The monoisotopic (exact) mass is 328 g/mol. The van der Waals surface area contributed by atoms with Crippen molar-refractivity contribution >= 4 is 0 Å². The fraction of sp³-hybridized carbons (Fsp3) is 0.579. The molecule has 3 aliphatic rings. The molecule has 0 unspecified atom stereocenters. The van der Waals surface area contributed by atoms with E-state index in [1.54, 1.807) is 7.11 Å². The largest absolute Gasteiger partial charge is 0.492 e. The Hall–Kier alpha value is -1.90. The highest BCUT2D eigenvalue weighted by atomic mass is 16.7. The molecule has 1 saturated heterocycles. The molecule has 0 aliphatic carbocycles. The van der Waals surface area contributed by atoms with Gasteiger partial charge in [0.2, 0.25) is 12.5 Å². The third-order valence-corrected chi connectivity index (χ3v) is 5.14. The summed E-state index contributed by atoms with van der Waals surface area (Å²) in [5.74, 6) is 9.17. The topological polar surface area (TPSA) is 34.2 Å². The normalized spacial score (nSPS) is 22.8. The van der Waals surface area contributed by atoms with Crippen molar-refractivity contribution in [3.8, 4) is 29.1 Å². The molecule has 4 rings (SSSR count). The second-order valence-electron chi connectivity index (χ2n) is 6.65. The number of benzene rings is 1. The van der Waals surface area contributed by atoms with Crippen LogP contribution >= 0.6 is 0 Å². The fourth-order valence-electron chi connectivity index (χ4n) is 3.81. The number of nitrogens with zero attached hydrogens (tertiary/aromatic N) is 2. The summed E-state index contributed by atoms with van der Waals surface area (Å²) >= 11 is 0. The van der Waals surface area contributed by atoms with Gasteiger partial charge in [-0.1, -0.05) is 11.8 Å². The number of hydrogen-bond donors (Lipinski definition) is 0. The average molecular weight is 328 g/mol. The lowest BCUT2D eigenvalue weighted by atomic mass is 9.91. The summed E-state index contributed by atoms with van der Waals surface area (Å²) in [7, 11) is 3.82. The fourth-order valence-corrected chi connectivity index (χ4v) is 3.81. The van der Waals surface area contributed by atoms with Crippen LogP contribution in [0.5, 0.6) is 17.2 Å². The number of likely N-dealkylation sites (N-methyl/N-ethyl adjacent to an activating group) is 1. The van der Waals surface area contributed by atoms with Crippen LogP contribution < -0.4 is 14.2 Å². The van der Waals surface area contributed by atoms with Crippen LogP contribution in [0.3, 0.4) is 0 Å². The number of ether oxygens (including phenoxy) is 3. The maximum atomic E-state index is 5.70. The lowest BCUT2D eigenvalue weighted by Crippen LogP contribution is -2.32. The van der Waals surface area contributed by atoms with Gasteiger partial charge in [-0.05, 0) is 51.0 Å². The van der Waals surface area contributed by atoms with Gasteiger partial charge in [-0.15, -0.1) is 0 Å². The average Bonchev–Trinajstić information content (AvgIpc) is 3.26. The SMILES string of the molecule is COc1c2c(cc3c1[C@H](C#CCN1CCCC1)N(C)CC3)OCO2. The Morgan fingerprint density at radius 2 is 2.08 bits per heavy atom. The number of fused-ring (bicyclic) bond motifs is 2. The van der Waals surface area contributed by atoms with E-state index in [1.807, 2.05) is 0 Å². The first-order valence-electron chi connectivity index (χ1n) is 8.68. The number of hydrogen-bond acceptors (Lipinski definition) is 5. The van der Waals surface area contributed by atoms with Gasteiger partial charge in [0.1, 0.15) is 6.04 Å². The molecular formula is C19H24N2O3. The second kappa shape index (κ2) is 6.54. The van der Waals surface area contributed by atoms with E-state index in [0.717, 1.165) is 42.3 Å². The number of likely N-dealkylation sites (tertiary alicyclic amines) is 1. The molecule has 0 N–H and O–H groups in total. The Bertz CT molecular complexity index is 686. The van der Waals surface area contributed by atoms with Crippen LogP contribution in [0, 0.1) is 11.8 Å². The van der Waals surface area contributed by atoms with Gasteiger partial charge >= 0.3 is 0 Å². The molecule has 1 fully saturated rings. The van der Waals surface area contributed by atoms with Crippen molar-refractivity contribution in [1.82, 2.24) is 9.80 Å². The maximum absolute atomic E-state index is 5.70. The molecule has 0 amide bonds. The van der Waals surface area contributed by atoms with Gasteiger partial charge in [-0.2, -0.15) is 0 Å². The first-order valence-corrected chi connectivity index (χ1v) is 8.68. The zero-order chi connectivity index (χ0) is 16.5. The van der Waals surface area contributed by atoms with E-state index in [4.69, 9.17) is 14.2 Å². The zero-order valence-electron chi connectivity index (χ0n) is 14.4. The maximum Gasteiger partial charge on any atom is 0.231 e. The molecule has 0 spiro atoms. The van der Waals surface area contributed by atoms with Gasteiger partial charge in [0.05, 0.1) is 13.7 Å². The molecular weight excluding hydrogens is 304 g/mol. The standard InChI is InChI=1S/C19H24N2O3/c1-20-11-7-14-12-16-18(24-13-23-16)19(22-2)17(14)15(20)6-5-10-21-8-3-4-9-21/h12,15H,3-4,7-11,13H2,1-2H3/t15-/m0/s1. The van der Waals surface area contributed by atoms with E-state index < -0.39 is 0 Å². The van der Waals surface area contributed by atoms with Crippen molar-refractivity contribution in [2.45, 2.75) is 25.3 Å². The Kier molecular flexibility index (Phi) is 4.26. The first-order chi connectivity index (χ1) is 11.8. The van der Waals surface area contributed by atoms with Gasteiger partial charge in [0.25, 0.3) is 0 Å². The third kappa shape index (κ3) is 2.70. The molecule has 1 aromatic carbocycles. The van der Waals surface area contributed by atoms with Crippen LogP contribution in [0.2, 0.25) is 0 Å². The lowest BCUT2D eigenvalue weighted by Gasteiger charge is -2.32. The highest BCUT2D eigenvalue weighted by Crippen LogP contribution is 2.49. The zero-order valence-corrected chi connectivity index (χ0v) is 14.4. The van der Waals surface area contributed by atoms with E-state index >= 15 is 0 Å². The molecule has 24 heavy (non-hydrogen) atoms. The molecule has 1 atom stereocenters. The minimum Gasteiger partial charge on any atom is -0.492 e. The second-order valence-corrected chi connectivity index (χ2v) is 6.65. The summed E-state index contributed by atoms with van der Waals surface area (Å²) in [5, 5.41) is 0. The molecule has 0 aromatic heterocycles. The van der Waals surface area contributed by atoms with Gasteiger partial charge in [0.15, 0.2) is 11.5 Å².